The molecule has 0 radical (unpaired) electrons. The number of benzene rings is 1. The fourth-order valence-corrected chi connectivity index (χ4v) is 2.57. The average molecular weight is 365 g/mol. The van der Waals surface area contributed by atoms with E-state index in [1.807, 2.05) is 0 Å². The molecule has 1 aromatic heterocycles. The molecule has 1 aromatic carbocycles. The molecule has 0 atom stereocenters. The molecular weight excluding hydrogens is 348 g/mol. The van der Waals surface area contributed by atoms with Crippen LogP contribution in [0.15, 0.2) is 24.3 Å². The first-order valence-corrected chi connectivity index (χ1v) is 7.52. The van der Waals surface area contributed by atoms with E-state index >= 15 is 0 Å². The van der Waals surface area contributed by atoms with Crippen LogP contribution in [0.1, 0.15) is 37.7 Å². The number of nitrogens with one attached hydrogen (secondary N) is 1. The molecule has 0 amide bonds. The molecule has 0 aliphatic carbocycles. The molecule has 0 aliphatic rings. The lowest BCUT2D eigenvalue weighted by Gasteiger charge is -2.10. The second kappa shape index (κ2) is 7.81. The summed E-state index contributed by atoms with van der Waals surface area (Å²) in [7, 11) is 1.31. The predicted octanol–water partition coefficient (Wildman–Crippen LogP) is 3.84. The number of aromatic nitrogens is 1. The lowest BCUT2D eigenvalue weighted by molar-refractivity contribution is -0.0512. The van der Waals surface area contributed by atoms with Gasteiger partial charge in [-0.3, -0.25) is 4.79 Å². The number of carboxylic acid groups (broad SMARTS) is 1. The summed E-state index contributed by atoms with van der Waals surface area (Å²) in [6, 6.07) is 4.25. The quantitative estimate of drug-likeness (QED) is 0.575. The molecule has 138 valence electrons. The number of aryl methyl sites for hydroxylation is 1. The van der Waals surface area contributed by atoms with Crippen LogP contribution in [-0.4, -0.2) is 35.6 Å². The van der Waals surface area contributed by atoms with Crippen molar-refractivity contribution in [3.8, 4) is 11.5 Å². The van der Waals surface area contributed by atoms with Crippen molar-refractivity contribution in [1.29, 1.82) is 0 Å². The number of hydrogen-bond donors (Lipinski definition) is 2. The van der Waals surface area contributed by atoms with Crippen LogP contribution in [0.25, 0.3) is 6.08 Å². The summed E-state index contributed by atoms with van der Waals surface area (Å²) in [5.74, 6) is -1.54. The zero-order valence-corrected chi connectivity index (χ0v) is 14.3. The summed E-state index contributed by atoms with van der Waals surface area (Å²) < 4.78 is 34.0. The normalized spacial score (nSPS) is 11.2. The number of carbonyl (C=O) groups is 2. The van der Waals surface area contributed by atoms with E-state index in [0.29, 0.717) is 16.8 Å². The zero-order chi connectivity index (χ0) is 19.4. The Hall–Kier alpha value is -3.16. The topological polar surface area (TPSA) is 88.6 Å². The van der Waals surface area contributed by atoms with Gasteiger partial charge < -0.3 is 19.6 Å². The fourth-order valence-electron chi connectivity index (χ4n) is 2.57. The molecule has 0 saturated heterocycles. The number of alkyl halides is 2. The molecule has 0 aliphatic heterocycles. The van der Waals surface area contributed by atoms with Gasteiger partial charge in [0.1, 0.15) is 5.69 Å². The van der Waals surface area contributed by atoms with Crippen LogP contribution in [-0.2, 0) is 0 Å². The molecular formula is C18H17F2NO5. The molecule has 2 rings (SSSR count). The minimum Gasteiger partial charge on any atom is -0.493 e. The van der Waals surface area contributed by atoms with Crippen LogP contribution in [0, 0.1) is 13.8 Å². The summed E-state index contributed by atoms with van der Waals surface area (Å²) in [5.41, 5.74) is 1.58. The molecule has 26 heavy (non-hydrogen) atoms. The van der Waals surface area contributed by atoms with E-state index in [4.69, 9.17) is 9.84 Å². The first kappa shape index (κ1) is 19.2. The SMILES string of the molecule is COc1cc(/C=C/C(=O)c2c(C)[nH]c(C(=O)O)c2C)ccc1OC(F)F. The van der Waals surface area contributed by atoms with Gasteiger partial charge in [-0.25, -0.2) is 4.79 Å². The minimum absolute atomic E-state index is 0.0329. The highest BCUT2D eigenvalue weighted by Crippen LogP contribution is 2.30. The first-order valence-electron chi connectivity index (χ1n) is 7.52. The van der Waals surface area contributed by atoms with Crippen LogP contribution in [0.5, 0.6) is 11.5 Å². The molecule has 0 spiro atoms. The molecule has 2 N–H and O–H groups in total. The zero-order valence-electron chi connectivity index (χ0n) is 14.3. The largest absolute Gasteiger partial charge is 0.493 e. The number of aromatic amines is 1. The van der Waals surface area contributed by atoms with Crippen molar-refractivity contribution in [2.45, 2.75) is 20.5 Å². The Bertz CT molecular complexity index is 871. The van der Waals surface area contributed by atoms with Gasteiger partial charge in [0.2, 0.25) is 0 Å². The molecule has 0 saturated carbocycles. The number of carbonyl (C=O) groups excluding carboxylic acids is 1. The molecule has 0 fully saturated rings. The van der Waals surface area contributed by atoms with Crippen molar-refractivity contribution in [2.24, 2.45) is 0 Å². The number of halogens is 2. The number of ketones is 1. The van der Waals surface area contributed by atoms with E-state index in [-0.39, 0.29) is 28.5 Å². The Labute approximate surface area is 148 Å². The van der Waals surface area contributed by atoms with E-state index in [9.17, 15) is 18.4 Å². The second-order valence-corrected chi connectivity index (χ2v) is 5.42. The Morgan fingerprint density at radius 1 is 1.23 bits per heavy atom. The van der Waals surface area contributed by atoms with Crippen LogP contribution < -0.4 is 9.47 Å². The Balaban J connectivity index is 2.27. The van der Waals surface area contributed by atoms with Gasteiger partial charge in [-0.15, -0.1) is 0 Å². The van der Waals surface area contributed by atoms with Gasteiger partial charge in [-0.1, -0.05) is 12.1 Å². The van der Waals surface area contributed by atoms with Crippen molar-refractivity contribution in [3.63, 3.8) is 0 Å². The van der Waals surface area contributed by atoms with E-state index < -0.39 is 12.6 Å². The van der Waals surface area contributed by atoms with Crippen LogP contribution in [0.3, 0.4) is 0 Å². The average Bonchev–Trinajstić information content (AvgIpc) is 2.88. The maximum absolute atomic E-state index is 12.4. The highest BCUT2D eigenvalue weighted by atomic mass is 19.3. The van der Waals surface area contributed by atoms with E-state index in [1.54, 1.807) is 13.8 Å². The summed E-state index contributed by atoms with van der Waals surface area (Å²) in [6.45, 7) is 0.183. The summed E-state index contributed by atoms with van der Waals surface area (Å²) in [4.78, 5) is 26.2. The van der Waals surface area contributed by atoms with Crippen molar-refractivity contribution in [3.05, 3.63) is 52.4 Å². The van der Waals surface area contributed by atoms with E-state index in [1.165, 1.54) is 37.5 Å². The third kappa shape index (κ3) is 4.08. The lowest BCUT2D eigenvalue weighted by atomic mass is 10.0. The van der Waals surface area contributed by atoms with E-state index in [0.717, 1.165) is 0 Å². The molecule has 0 bridgehead atoms. The second-order valence-electron chi connectivity index (χ2n) is 5.42. The number of aromatic carboxylic acids is 1. The standard InChI is InChI=1S/C18H17F2NO5/c1-9-15(10(2)21-16(9)17(23)24)12(22)6-4-11-5-7-13(26-18(19)20)14(8-11)25-3/h4-8,18,21H,1-3H3,(H,23,24)/b6-4+. The maximum Gasteiger partial charge on any atom is 0.387 e. The summed E-state index contributed by atoms with van der Waals surface area (Å²) in [6.07, 6.45) is 2.75. The van der Waals surface area contributed by atoms with Crippen molar-refractivity contribution >= 4 is 17.8 Å². The van der Waals surface area contributed by atoms with Gasteiger partial charge in [-0.05, 0) is 43.2 Å². The summed E-state index contributed by atoms with van der Waals surface area (Å²) >= 11 is 0. The number of carboxylic acids is 1. The van der Waals surface area contributed by atoms with Gasteiger partial charge in [0.05, 0.1) is 7.11 Å². The van der Waals surface area contributed by atoms with E-state index in [2.05, 4.69) is 9.72 Å². The predicted molar refractivity (Wildman–Crippen MR) is 90.2 cm³/mol. The van der Waals surface area contributed by atoms with Gasteiger partial charge in [0, 0.05) is 11.3 Å². The summed E-state index contributed by atoms with van der Waals surface area (Å²) in [5, 5.41) is 9.10. The number of H-pyrrole nitrogens is 1. The fraction of sp³-hybridized carbons (Fsp3) is 0.222. The van der Waals surface area contributed by atoms with Gasteiger partial charge >= 0.3 is 12.6 Å². The number of ether oxygens (including phenoxy) is 2. The monoisotopic (exact) mass is 365 g/mol. The number of rotatable bonds is 7. The minimum atomic E-state index is -2.98. The Morgan fingerprint density at radius 2 is 1.92 bits per heavy atom. The highest BCUT2D eigenvalue weighted by Gasteiger charge is 2.20. The maximum atomic E-state index is 12.4. The Kier molecular flexibility index (Phi) is 5.76. The van der Waals surface area contributed by atoms with Crippen molar-refractivity contribution in [2.75, 3.05) is 7.11 Å². The Morgan fingerprint density at radius 3 is 2.46 bits per heavy atom. The molecule has 0 unspecified atom stereocenters. The van der Waals surface area contributed by atoms with Gasteiger partial charge in [0.25, 0.3) is 0 Å². The number of methoxy groups -OCH3 is 1. The highest BCUT2D eigenvalue weighted by molar-refractivity contribution is 6.10. The molecule has 2 aromatic rings. The van der Waals surface area contributed by atoms with Gasteiger partial charge in [-0.2, -0.15) is 8.78 Å². The van der Waals surface area contributed by atoms with Crippen LogP contribution in [0.2, 0.25) is 0 Å². The molecule has 8 heteroatoms. The van der Waals surface area contributed by atoms with Crippen LogP contribution >= 0.6 is 0 Å². The molecule has 1 heterocycles. The van der Waals surface area contributed by atoms with Crippen molar-refractivity contribution in [1.82, 2.24) is 4.98 Å². The third-order valence-electron chi connectivity index (χ3n) is 3.73. The number of hydrogen-bond acceptors (Lipinski definition) is 4. The first-order chi connectivity index (χ1) is 12.2. The number of allylic oxidation sites excluding steroid dienone is 1. The smallest absolute Gasteiger partial charge is 0.387 e. The lowest BCUT2D eigenvalue weighted by Crippen LogP contribution is -2.03. The van der Waals surface area contributed by atoms with Crippen LogP contribution in [0.4, 0.5) is 8.78 Å². The third-order valence-corrected chi connectivity index (χ3v) is 3.73. The van der Waals surface area contributed by atoms with Gasteiger partial charge in [0.15, 0.2) is 17.3 Å². The molecule has 6 nitrogen and oxygen atoms in total. The van der Waals surface area contributed by atoms with Crippen molar-refractivity contribution < 1.29 is 33.0 Å².